The summed E-state index contributed by atoms with van der Waals surface area (Å²) in [7, 11) is -4.10. The second-order valence-corrected chi connectivity index (χ2v) is 8.01. The smallest absolute Gasteiger partial charge is 0.275 e. The number of pyridine rings is 1. The monoisotopic (exact) mass is 416 g/mol. The second kappa shape index (κ2) is 7.94. The Morgan fingerprint density at radius 3 is 2.45 bits per heavy atom. The first-order chi connectivity index (χ1) is 13.8. The molecule has 152 valence electrons. The minimum absolute atomic E-state index is 0.127. The molecule has 0 atom stereocenters. The summed E-state index contributed by atoms with van der Waals surface area (Å²) >= 11 is 0. The molecule has 2 aromatic carbocycles. The maximum absolute atomic E-state index is 12.8. The Morgan fingerprint density at radius 1 is 1.14 bits per heavy atom. The van der Waals surface area contributed by atoms with E-state index in [-0.39, 0.29) is 4.90 Å². The van der Waals surface area contributed by atoms with E-state index in [0.29, 0.717) is 29.6 Å². The Labute approximate surface area is 166 Å². The van der Waals surface area contributed by atoms with E-state index in [4.69, 9.17) is 5.73 Å². The molecule has 0 unspecified atom stereocenters. The number of carbonyl (C=O) groups excluding carboxylic acids is 1. The summed E-state index contributed by atoms with van der Waals surface area (Å²) in [5, 5.41) is 10.8. The lowest BCUT2D eigenvalue weighted by molar-refractivity contribution is 0.0940. The van der Waals surface area contributed by atoms with Crippen molar-refractivity contribution in [2.75, 3.05) is 5.73 Å². The Kier molecular flexibility index (Phi) is 5.57. The molecule has 1 amide bonds. The number of nitrogens with zero attached hydrogens (tertiary/aromatic N) is 1. The number of hydrazine groups is 1. The van der Waals surface area contributed by atoms with Crippen LogP contribution in [0.3, 0.4) is 0 Å². The largest absolute Gasteiger partial charge is 0.506 e. The molecule has 0 aliphatic heterocycles. The number of anilines is 1. The van der Waals surface area contributed by atoms with Gasteiger partial charge in [-0.05, 0) is 42.8 Å². The van der Waals surface area contributed by atoms with Crippen molar-refractivity contribution < 1.29 is 18.3 Å². The van der Waals surface area contributed by atoms with Crippen LogP contribution >= 0.6 is 0 Å². The van der Waals surface area contributed by atoms with Crippen molar-refractivity contribution in [1.82, 2.24) is 14.8 Å². The van der Waals surface area contributed by atoms with Gasteiger partial charge >= 0.3 is 0 Å². The fourth-order valence-electron chi connectivity index (χ4n) is 2.92. The van der Waals surface area contributed by atoms with Gasteiger partial charge in [0.2, 0.25) is 0 Å². The number of para-hydroxylation sites is 1. The molecule has 0 bridgehead atoms. The van der Waals surface area contributed by atoms with Gasteiger partial charge in [0, 0.05) is 17.6 Å². The number of benzene rings is 2. The Hall–Kier alpha value is -3.37. The molecule has 0 aliphatic rings. The van der Waals surface area contributed by atoms with Crippen LogP contribution in [-0.4, -0.2) is 24.0 Å². The lowest BCUT2D eigenvalue weighted by Gasteiger charge is -2.14. The van der Waals surface area contributed by atoms with E-state index in [1.807, 2.05) is 17.2 Å². The third kappa shape index (κ3) is 3.93. The summed E-state index contributed by atoms with van der Waals surface area (Å²) in [6.07, 6.45) is 0.625. The fraction of sp³-hybridized carbons (Fsp3) is 0.158. The number of amides is 1. The number of carbonyl (C=O) groups is 1. The lowest BCUT2D eigenvalue weighted by atomic mass is 10.1. The average molecular weight is 416 g/mol. The predicted octanol–water partition coefficient (Wildman–Crippen LogP) is 1.32. The lowest BCUT2D eigenvalue weighted by Crippen LogP contribution is -2.44. The zero-order valence-corrected chi connectivity index (χ0v) is 16.4. The van der Waals surface area contributed by atoms with Crippen LogP contribution in [0.4, 0.5) is 5.69 Å². The highest BCUT2D eigenvalue weighted by molar-refractivity contribution is 7.89. The molecule has 0 fully saturated rings. The summed E-state index contributed by atoms with van der Waals surface area (Å²) in [4.78, 5) is 27.2. The molecule has 1 aromatic heterocycles. The van der Waals surface area contributed by atoms with Crippen molar-refractivity contribution in [3.63, 3.8) is 0 Å². The number of rotatable bonds is 6. The van der Waals surface area contributed by atoms with Crippen LogP contribution in [-0.2, 0) is 16.6 Å². The molecule has 0 saturated heterocycles. The number of nitrogens with two attached hydrogens (primary N) is 1. The molecule has 0 radical (unpaired) electrons. The van der Waals surface area contributed by atoms with Crippen molar-refractivity contribution in [3.8, 4) is 5.75 Å². The molecular weight excluding hydrogens is 396 g/mol. The average Bonchev–Trinajstić information content (AvgIpc) is 2.70. The first-order valence-electron chi connectivity index (χ1n) is 8.78. The Balaban J connectivity index is 1.97. The van der Waals surface area contributed by atoms with Gasteiger partial charge in [-0.25, -0.2) is 8.42 Å². The van der Waals surface area contributed by atoms with Gasteiger partial charge in [-0.2, -0.15) is 0 Å². The first-order valence-corrected chi connectivity index (χ1v) is 10.3. The number of aromatic hydroxyl groups is 1. The minimum Gasteiger partial charge on any atom is -0.506 e. The van der Waals surface area contributed by atoms with E-state index in [1.165, 1.54) is 28.8 Å². The van der Waals surface area contributed by atoms with Crippen LogP contribution in [0, 0.1) is 0 Å². The number of aryl methyl sites for hydroxylation is 1. The van der Waals surface area contributed by atoms with E-state index >= 15 is 0 Å². The van der Waals surface area contributed by atoms with Gasteiger partial charge in [0.25, 0.3) is 21.5 Å². The van der Waals surface area contributed by atoms with Gasteiger partial charge in [0.1, 0.15) is 11.3 Å². The van der Waals surface area contributed by atoms with Crippen LogP contribution in [0.1, 0.15) is 23.7 Å². The number of hydrogen-bond acceptors (Lipinski definition) is 6. The molecular formula is C19H20N4O5S. The van der Waals surface area contributed by atoms with Gasteiger partial charge in [0.05, 0.1) is 10.4 Å². The summed E-state index contributed by atoms with van der Waals surface area (Å²) < 4.78 is 26.0. The highest BCUT2D eigenvalue weighted by atomic mass is 32.2. The summed E-state index contributed by atoms with van der Waals surface area (Å²) in [6.45, 7) is 2.20. The van der Waals surface area contributed by atoms with Crippen molar-refractivity contribution in [2.45, 2.75) is 24.8 Å². The highest BCUT2D eigenvalue weighted by Crippen LogP contribution is 2.26. The van der Waals surface area contributed by atoms with E-state index in [1.54, 1.807) is 24.3 Å². The minimum atomic E-state index is -4.10. The van der Waals surface area contributed by atoms with Crippen LogP contribution in [0.2, 0.25) is 0 Å². The SMILES string of the molecule is CCCn1c(=O)c(C(=O)NNS(=O)(=O)c2ccc(N)cc2)c(O)c2ccccc21. The zero-order chi connectivity index (χ0) is 21.2. The van der Waals surface area contributed by atoms with Gasteiger partial charge in [-0.15, -0.1) is 4.83 Å². The fourth-order valence-corrected chi connectivity index (χ4v) is 3.76. The normalized spacial score (nSPS) is 11.5. The van der Waals surface area contributed by atoms with Crippen molar-refractivity contribution in [2.24, 2.45) is 0 Å². The summed E-state index contributed by atoms with van der Waals surface area (Å²) in [5.74, 6) is -1.58. The maximum Gasteiger partial charge on any atom is 0.275 e. The van der Waals surface area contributed by atoms with Gasteiger partial charge in [-0.1, -0.05) is 19.1 Å². The number of fused-ring (bicyclic) bond motifs is 1. The molecule has 9 nitrogen and oxygen atoms in total. The number of hydrogen-bond donors (Lipinski definition) is 4. The molecule has 3 aromatic rings. The first kappa shape index (κ1) is 20.4. The van der Waals surface area contributed by atoms with Crippen LogP contribution in [0.25, 0.3) is 10.9 Å². The van der Waals surface area contributed by atoms with Crippen molar-refractivity contribution in [3.05, 3.63) is 64.4 Å². The van der Waals surface area contributed by atoms with Crippen LogP contribution in [0.15, 0.2) is 58.2 Å². The molecule has 10 heteroatoms. The predicted molar refractivity (Wildman–Crippen MR) is 109 cm³/mol. The van der Waals surface area contributed by atoms with Crippen LogP contribution in [0.5, 0.6) is 5.75 Å². The zero-order valence-electron chi connectivity index (χ0n) is 15.5. The van der Waals surface area contributed by atoms with Gasteiger partial charge in [0.15, 0.2) is 0 Å². The van der Waals surface area contributed by atoms with E-state index in [0.717, 1.165) is 0 Å². The second-order valence-electron chi connectivity index (χ2n) is 6.33. The number of nitrogens with one attached hydrogen (secondary N) is 2. The van der Waals surface area contributed by atoms with Gasteiger partial charge < -0.3 is 15.4 Å². The van der Waals surface area contributed by atoms with Gasteiger partial charge in [-0.3, -0.25) is 15.0 Å². The standard InChI is InChI=1S/C19H20N4O5S/c1-2-11-23-15-6-4-3-5-14(15)17(24)16(19(23)26)18(25)21-22-29(27,28)13-9-7-12(20)8-10-13/h3-10,22,24H,2,11,20H2,1H3,(H,21,25). The molecule has 1 heterocycles. The van der Waals surface area contributed by atoms with E-state index < -0.39 is 32.8 Å². The van der Waals surface area contributed by atoms with E-state index in [9.17, 15) is 23.1 Å². The topological polar surface area (TPSA) is 144 Å². The molecule has 5 N–H and O–H groups in total. The summed E-state index contributed by atoms with van der Waals surface area (Å²) in [5.41, 5.74) is 7.12. The highest BCUT2D eigenvalue weighted by Gasteiger charge is 2.23. The van der Waals surface area contributed by atoms with Crippen molar-refractivity contribution >= 4 is 32.5 Å². The number of nitrogen functional groups attached to an aromatic ring is 1. The third-order valence-electron chi connectivity index (χ3n) is 4.31. The van der Waals surface area contributed by atoms with E-state index in [2.05, 4.69) is 0 Å². The molecule has 3 rings (SSSR count). The maximum atomic E-state index is 12.8. The number of aromatic nitrogens is 1. The third-order valence-corrected chi connectivity index (χ3v) is 5.57. The Morgan fingerprint density at radius 2 is 1.79 bits per heavy atom. The van der Waals surface area contributed by atoms with Crippen molar-refractivity contribution in [1.29, 1.82) is 0 Å². The Bertz CT molecular complexity index is 1230. The molecule has 0 saturated carbocycles. The quantitative estimate of drug-likeness (QED) is 0.352. The molecule has 0 aliphatic carbocycles. The molecule has 0 spiro atoms. The number of sulfonamides is 1. The van der Waals surface area contributed by atoms with Crippen LogP contribution < -0.4 is 21.5 Å². The molecule has 29 heavy (non-hydrogen) atoms. The summed E-state index contributed by atoms with van der Waals surface area (Å²) in [6, 6.07) is 12.0.